The summed E-state index contributed by atoms with van der Waals surface area (Å²) < 4.78 is 0. The van der Waals surface area contributed by atoms with Crippen molar-refractivity contribution in [3.05, 3.63) is 34.4 Å². The van der Waals surface area contributed by atoms with Crippen molar-refractivity contribution in [3.63, 3.8) is 0 Å². The van der Waals surface area contributed by atoms with Gasteiger partial charge < -0.3 is 5.73 Å². The largest absolute Gasteiger partial charge is 0.369 e. The highest BCUT2D eigenvalue weighted by molar-refractivity contribution is 5.80. The molecule has 132 valence electrons. The summed E-state index contributed by atoms with van der Waals surface area (Å²) in [6.07, 6.45) is 13.1. The number of hydrogen-bond donors (Lipinski definition) is 1. The summed E-state index contributed by atoms with van der Waals surface area (Å²) in [5.74, 6) is 0.738. The molecule has 2 unspecified atom stereocenters. The fraction of sp³-hybridized carbons (Fsp3) is 0.682. The first kappa shape index (κ1) is 17.5. The van der Waals surface area contributed by atoms with Gasteiger partial charge in [0.1, 0.15) is 0 Å². The smallest absolute Gasteiger partial charge is 0.223 e. The highest BCUT2D eigenvalue weighted by Crippen LogP contribution is 2.37. The first-order chi connectivity index (χ1) is 11.5. The number of primary amides is 1. The average molecular weight is 328 g/mol. The molecular weight excluding hydrogens is 294 g/mol. The molecule has 2 aliphatic rings. The van der Waals surface area contributed by atoms with Crippen molar-refractivity contribution in [1.82, 2.24) is 0 Å². The van der Waals surface area contributed by atoms with E-state index in [1.54, 1.807) is 11.1 Å². The van der Waals surface area contributed by atoms with Gasteiger partial charge in [-0.3, -0.25) is 4.79 Å². The van der Waals surface area contributed by atoms with Crippen LogP contribution in [0, 0.1) is 11.3 Å². The van der Waals surface area contributed by atoms with E-state index in [1.807, 2.05) is 6.92 Å². The third-order valence-corrected chi connectivity index (χ3v) is 6.54. The molecule has 0 spiro atoms. The van der Waals surface area contributed by atoms with E-state index in [2.05, 4.69) is 19.1 Å². The number of nitrogens with two attached hydrogens (primary N) is 1. The van der Waals surface area contributed by atoms with Gasteiger partial charge in [0.2, 0.25) is 5.91 Å². The van der Waals surface area contributed by atoms with E-state index in [1.165, 1.54) is 56.1 Å². The molecule has 0 saturated heterocycles. The van der Waals surface area contributed by atoms with Crippen molar-refractivity contribution in [3.8, 4) is 0 Å². The van der Waals surface area contributed by atoms with E-state index < -0.39 is 0 Å². The van der Waals surface area contributed by atoms with Crippen LogP contribution in [0.5, 0.6) is 0 Å². The van der Waals surface area contributed by atoms with Crippen LogP contribution in [-0.2, 0) is 30.5 Å². The Morgan fingerprint density at radius 1 is 1.12 bits per heavy atom. The molecule has 1 amide bonds. The first-order valence-corrected chi connectivity index (χ1v) is 9.95. The van der Waals surface area contributed by atoms with Crippen molar-refractivity contribution >= 4 is 5.91 Å². The maximum Gasteiger partial charge on any atom is 0.223 e. The highest BCUT2D eigenvalue weighted by Gasteiger charge is 2.33. The van der Waals surface area contributed by atoms with Crippen LogP contribution in [0.15, 0.2) is 12.1 Å². The summed E-state index contributed by atoms with van der Waals surface area (Å²) >= 11 is 0. The molecule has 2 N–H and O–H groups in total. The molecule has 0 aliphatic heterocycles. The molecule has 1 aromatic rings. The van der Waals surface area contributed by atoms with Gasteiger partial charge in [-0.25, -0.2) is 0 Å². The molecule has 0 fully saturated rings. The summed E-state index contributed by atoms with van der Waals surface area (Å²) in [5, 5.41) is 0. The maximum atomic E-state index is 11.8. The Morgan fingerprint density at radius 2 is 1.75 bits per heavy atom. The van der Waals surface area contributed by atoms with Gasteiger partial charge in [-0.1, -0.05) is 45.2 Å². The predicted molar refractivity (Wildman–Crippen MR) is 100 cm³/mol. The van der Waals surface area contributed by atoms with Gasteiger partial charge in [0, 0.05) is 5.41 Å². The van der Waals surface area contributed by atoms with E-state index in [0.29, 0.717) is 0 Å². The van der Waals surface area contributed by atoms with E-state index in [-0.39, 0.29) is 11.3 Å². The average Bonchev–Trinajstić information content (AvgIpc) is 2.86. The van der Waals surface area contributed by atoms with Crippen LogP contribution >= 0.6 is 0 Å². The van der Waals surface area contributed by atoms with Crippen LogP contribution in [0.3, 0.4) is 0 Å². The fourth-order valence-electron chi connectivity index (χ4n) is 4.61. The quantitative estimate of drug-likeness (QED) is 0.797. The number of hydrogen-bond acceptors (Lipinski definition) is 1. The number of aryl methyl sites for hydroxylation is 3. The lowest BCUT2D eigenvalue weighted by Crippen LogP contribution is -2.34. The number of amides is 1. The minimum absolute atomic E-state index is 0.128. The van der Waals surface area contributed by atoms with E-state index in [9.17, 15) is 4.79 Å². The van der Waals surface area contributed by atoms with Crippen molar-refractivity contribution in [2.45, 2.75) is 84.5 Å². The standard InChI is InChI=1S/C22H33NO/c1-3-4-6-16-7-5-8-17-14-18-9-11-22(2,21(23)24)12-10-19(18)15-20(17)13-16/h14-16H,3-13H2,1-2H3,(H2,23,24). The molecule has 3 rings (SSSR count). The summed E-state index contributed by atoms with van der Waals surface area (Å²) in [7, 11) is 0. The van der Waals surface area contributed by atoms with Crippen LogP contribution in [0.25, 0.3) is 0 Å². The lowest BCUT2D eigenvalue weighted by atomic mass is 9.81. The van der Waals surface area contributed by atoms with Gasteiger partial charge in [0.25, 0.3) is 0 Å². The van der Waals surface area contributed by atoms with Crippen molar-refractivity contribution in [2.24, 2.45) is 17.1 Å². The maximum absolute atomic E-state index is 11.8. The SMILES string of the molecule is CCCCC1CCCc2cc3c(cc2C1)CCC(C)(C(N)=O)CC3. The van der Waals surface area contributed by atoms with Crippen LogP contribution in [-0.4, -0.2) is 5.91 Å². The summed E-state index contributed by atoms with van der Waals surface area (Å²) in [5.41, 5.74) is 11.5. The molecular formula is C22H33NO. The van der Waals surface area contributed by atoms with Crippen molar-refractivity contribution in [1.29, 1.82) is 0 Å². The zero-order valence-electron chi connectivity index (χ0n) is 15.5. The van der Waals surface area contributed by atoms with Gasteiger partial charge in [-0.15, -0.1) is 0 Å². The molecule has 1 aromatic carbocycles. The Kier molecular flexibility index (Phi) is 5.32. The van der Waals surface area contributed by atoms with E-state index in [0.717, 1.165) is 31.6 Å². The fourth-order valence-corrected chi connectivity index (χ4v) is 4.61. The summed E-state index contributed by atoms with van der Waals surface area (Å²) in [4.78, 5) is 11.8. The topological polar surface area (TPSA) is 43.1 Å². The van der Waals surface area contributed by atoms with Gasteiger partial charge >= 0.3 is 0 Å². The molecule has 2 atom stereocenters. The molecule has 0 saturated carbocycles. The van der Waals surface area contributed by atoms with Crippen molar-refractivity contribution < 1.29 is 4.79 Å². The number of rotatable bonds is 4. The minimum Gasteiger partial charge on any atom is -0.369 e. The number of fused-ring (bicyclic) bond motifs is 2. The van der Waals surface area contributed by atoms with Gasteiger partial charge in [-0.2, -0.15) is 0 Å². The lowest BCUT2D eigenvalue weighted by Gasteiger charge is -2.23. The van der Waals surface area contributed by atoms with E-state index in [4.69, 9.17) is 5.73 Å². The van der Waals surface area contributed by atoms with E-state index >= 15 is 0 Å². The summed E-state index contributed by atoms with van der Waals surface area (Å²) in [6.45, 7) is 4.34. The second-order valence-electron chi connectivity index (χ2n) is 8.42. The number of benzene rings is 1. The molecule has 0 heterocycles. The molecule has 2 nitrogen and oxygen atoms in total. The Labute approximate surface area is 147 Å². The normalized spacial score (nSPS) is 26.8. The van der Waals surface area contributed by atoms with Crippen LogP contribution in [0.1, 0.15) is 81.0 Å². The molecule has 0 aromatic heterocycles. The van der Waals surface area contributed by atoms with Gasteiger partial charge in [-0.05, 0) is 79.5 Å². The molecule has 0 radical (unpaired) electrons. The Morgan fingerprint density at radius 3 is 2.38 bits per heavy atom. The second kappa shape index (κ2) is 7.29. The van der Waals surface area contributed by atoms with Gasteiger partial charge in [0.15, 0.2) is 0 Å². The summed E-state index contributed by atoms with van der Waals surface area (Å²) in [6, 6.07) is 4.96. The monoisotopic (exact) mass is 327 g/mol. The lowest BCUT2D eigenvalue weighted by molar-refractivity contribution is -0.127. The van der Waals surface area contributed by atoms with Gasteiger partial charge in [0.05, 0.1) is 0 Å². The molecule has 2 heteroatoms. The van der Waals surface area contributed by atoms with Crippen LogP contribution in [0.2, 0.25) is 0 Å². The third-order valence-electron chi connectivity index (χ3n) is 6.54. The zero-order valence-corrected chi connectivity index (χ0v) is 15.5. The Balaban J connectivity index is 1.82. The van der Waals surface area contributed by atoms with Crippen molar-refractivity contribution in [2.75, 3.05) is 0 Å². The Hall–Kier alpha value is -1.31. The highest BCUT2D eigenvalue weighted by atomic mass is 16.1. The second-order valence-corrected chi connectivity index (χ2v) is 8.42. The third kappa shape index (κ3) is 3.68. The van der Waals surface area contributed by atoms with Crippen LogP contribution < -0.4 is 5.73 Å². The van der Waals surface area contributed by atoms with Crippen LogP contribution in [0.4, 0.5) is 0 Å². The minimum atomic E-state index is -0.333. The molecule has 24 heavy (non-hydrogen) atoms. The zero-order chi connectivity index (χ0) is 17.2. The number of unbranched alkanes of at least 4 members (excludes halogenated alkanes) is 1. The number of carbonyl (C=O) groups is 1. The first-order valence-electron chi connectivity index (χ1n) is 9.95. The molecule has 2 aliphatic carbocycles. The molecule has 0 bridgehead atoms. The number of carbonyl (C=O) groups excluding carboxylic acids is 1. The predicted octanol–water partition coefficient (Wildman–Crippen LogP) is 4.74. The Bertz CT molecular complexity index is 606.